The average Bonchev–Trinajstić information content (AvgIpc) is 3.34. The number of likely N-dealkylation sites (N-methyl/N-ethyl adjacent to an activating group) is 1. The van der Waals surface area contributed by atoms with Gasteiger partial charge in [-0.05, 0) is 43.8 Å². The maximum Gasteiger partial charge on any atom is 0.241 e. The summed E-state index contributed by atoms with van der Waals surface area (Å²) in [5.41, 5.74) is 2.79. The fourth-order valence-corrected chi connectivity index (χ4v) is 4.88. The van der Waals surface area contributed by atoms with Crippen LogP contribution >= 0.6 is 11.3 Å². The Morgan fingerprint density at radius 2 is 2.07 bits per heavy atom. The lowest BCUT2D eigenvalue weighted by Gasteiger charge is -2.32. The number of piperazine rings is 1. The molecule has 8 heteroatoms. The van der Waals surface area contributed by atoms with Gasteiger partial charge in [0.25, 0.3) is 0 Å². The molecule has 3 aromatic rings. The third-order valence-corrected chi connectivity index (χ3v) is 6.61. The number of benzene rings is 1. The van der Waals surface area contributed by atoms with Gasteiger partial charge in [0.2, 0.25) is 5.91 Å². The van der Waals surface area contributed by atoms with Gasteiger partial charge in [-0.3, -0.25) is 9.69 Å². The largest absolute Gasteiger partial charge is 0.354 e. The molecule has 6 nitrogen and oxygen atoms in total. The Morgan fingerprint density at radius 1 is 1.17 bits per heavy atom. The van der Waals surface area contributed by atoms with E-state index in [4.69, 9.17) is 4.98 Å². The van der Waals surface area contributed by atoms with Crippen molar-refractivity contribution in [2.75, 3.05) is 49.6 Å². The molecule has 2 aliphatic rings. The van der Waals surface area contributed by atoms with Gasteiger partial charge in [-0.15, -0.1) is 11.3 Å². The minimum atomic E-state index is -0.762. The number of hydrogen-bond donors (Lipinski definition) is 0. The van der Waals surface area contributed by atoms with Crippen molar-refractivity contribution < 1.29 is 9.18 Å². The molecule has 0 radical (unpaired) electrons. The van der Waals surface area contributed by atoms with E-state index in [0.717, 1.165) is 38.8 Å². The van der Waals surface area contributed by atoms with E-state index in [1.165, 1.54) is 0 Å². The Balaban J connectivity index is 1.39. The van der Waals surface area contributed by atoms with Crippen molar-refractivity contribution in [2.24, 2.45) is 0 Å². The van der Waals surface area contributed by atoms with E-state index in [0.29, 0.717) is 32.6 Å². The molecule has 1 aromatic carbocycles. The van der Waals surface area contributed by atoms with Crippen LogP contribution in [-0.4, -0.2) is 66.7 Å². The van der Waals surface area contributed by atoms with E-state index in [-0.39, 0.29) is 5.91 Å². The number of hydrogen-bond acceptors (Lipinski definition) is 6. The highest BCUT2D eigenvalue weighted by atomic mass is 32.1. The van der Waals surface area contributed by atoms with Gasteiger partial charge < -0.3 is 9.80 Å². The molecule has 0 saturated carbocycles. The summed E-state index contributed by atoms with van der Waals surface area (Å²) in [5.74, 6) is 0.936. The molecule has 2 aliphatic heterocycles. The highest BCUT2D eigenvalue weighted by Gasteiger charge is 2.24. The first-order chi connectivity index (χ1) is 14.1. The molecule has 0 bridgehead atoms. The summed E-state index contributed by atoms with van der Waals surface area (Å²) < 4.78 is 14.5. The molecule has 0 aliphatic carbocycles. The molecule has 150 valence electrons. The van der Waals surface area contributed by atoms with Crippen molar-refractivity contribution in [1.82, 2.24) is 14.9 Å². The fraction of sp³-hybridized carbons (Fsp3) is 0.381. The van der Waals surface area contributed by atoms with Gasteiger partial charge in [0.1, 0.15) is 17.0 Å². The van der Waals surface area contributed by atoms with Crippen molar-refractivity contribution in [1.29, 1.82) is 0 Å². The fourth-order valence-electron chi connectivity index (χ4n) is 3.89. The monoisotopic (exact) mass is 411 g/mol. The number of halogens is 1. The van der Waals surface area contributed by atoms with E-state index in [9.17, 15) is 9.18 Å². The first-order valence-corrected chi connectivity index (χ1v) is 10.6. The Labute approximate surface area is 172 Å². The second kappa shape index (κ2) is 7.35. The first kappa shape index (κ1) is 18.4. The zero-order chi connectivity index (χ0) is 20.0. The summed E-state index contributed by atoms with van der Waals surface area (Å²) in [4.78, 5) is 27.5. The molecule has 0 spiro atoms. The van der Waals surface area contributed by atoms with Gasteiger partial charge in [-0.2, -0.15) is 0 Å². The van der Waals surface area contributed by atoms with Crippen molar-refractivity contribution >= 4 is 39.0 Å². The average molecular weight is 412 g/mol. The quantitative estimate of drug-likeness (QED) is 0.663. The van der Waals surface area contributed by atoms with Crippen molar-refractivity contribution in [2.45, 2.75) is 12.6 Å². The second-order valence-corrected chi connectivity index (χ2v) is 8.72. The molecule has 1 atom stereocenters. The number of nitrogens with zero attached hydrogens (tertiary/aromatic N) is 5. The third kappa shape index (κ3) is 3.58. The lowest BCUT2D eigenvalue weighted by molar-refractivity contribution is -0.120. The summed E-state index contributed by atoms with van der Waals surface area (Å²) in [6.45, 7) is 3.15. The van der Waals surface area contributed by atoms with Crippen molar-refractivity contribution in [3.63, 3.8) is 0 Å². The zero-order valence-electron chi connectivity index (χ0n) is 16.2. The predicted octanol–water partition coefficient (Wildman–Crippen LogP) is 3.18. The summed E-state index contributed by atoms with van der Waals surface area (Å²) in [7, 11) is 1.97. The van der Waals surface area contributed by atoms with Crippen LogP contribution in [0.5, 0.6) is 0 Å². The Kier molecular flexibility index (Phi) is 4.67. The number of thiazole rings is 1. The van der Waals surface area contributed by atoms with Crippen LogP contribution in [0.1, 0.15) is 6.42 Å². The van der Waals surface area contributed by atoms with Crippen LogP contribution in [0.15, 0.2) is 36.5 Å². The van der Waals surface area contributed by atoms with Gasteiger partial charge in [-0.1, -0.05) is 0 Å². The molecular weight excluding hydrogens is 389 g/mol. The number of fused-ring (bicyclic) bond motifs is 1. The second-order valence-electron chi connectivity index (χ2n) is 7.69. The van der Waals surface area contributed by atoms with E-state index in [2.05, 4.69) is 4.98 Å². The van der Waals surface area contributed by atoms with Gasteiger partial charge in [0, 0.05) is 37.1 Å². The van der Waals surface area contributed by atoms with E-state index >= 15 is 0 Å². The number of carbonyl (C=O) groups is 1. The van der Waals surface area contributed by atoms with Crippen LogP contribution in [-0.2, 0) is 4.79 Å². The van der Waals surface area contributed by atoms with Crippen LogP contribution in [0.3, 0.4) is 0 Å². The van der Waals surface area contributed by atoms with Crippen LogP contribution in [0.25, 0.3) is 20.8 Å². The molecule has 2 fully saturated rings. The van der Waals surface area contributed by atoms with Gasteiger partial charge >= 0.3 is 0 Å². The van der Waals surface area contributed by atoms with E-state index in [1.54, 1.807) is 11.3 Å². The topological polar surface area (TPSA) is 52.6 Å². The van der Waals surface area contributed by atoms with Crippen LogP contribution in [0.4, 0.5) is 15.9 Å². The lowest BCUT2D eigenvalue weighted by atomic mass is 10.2. The van der Waals surface area contributed by atoms with Crippen LogP contribution in [0.2, 0.25) is 0 Å². The minimum Gasteiger partial charge on any atom is -0.354 e. The number of alkyl halides is 1. The number of rotatable bonds is 3. The summed E-state index contributed by atoms with van der Waals surface area (Å²) in [6.07, 6.45) is 1.62. The van der Waals surface area contributed by atoms with Crippen LogP contribution in [0, 0.1) is 0 Å². The van der Waals surface area contributed by atoms with E-state index < -0.39 is 6.17 Å². The SMILES string of the molecule is CN1CCN(c2ccc3nc(-c4ccc(N5CC[C@@H](F)C5)nc4)sc3c2)C(=O)C1. The highest BCUT2D eigenvalue weighted by Crippen LogP contribution is 2.33. The summed E-state index contributed by atoms with van der Waals surface area (Å²) >= 11 is 1.60. The molecule has 0 N–H and O–H groups in total. The maximum atomic E-state index is 13.4. The maximum absolute atomic E-state index is 13.4. The predicted molar refractivity (Wildman–Crippen MR) is 114 cm³/mol. The van der Waals surface area contributed by atoms with Gasteiger partial charge in [-0.25, -0.2) is 14.4 Å². The summed E-state index contributed by atoms with van der Waals surface area (Å²) in [6, 6.07) is 9.93. The number of carbonyl (C=O) groups excluding carboxylic acids is 1. The Bertz CT molecular complexity index is 1050. The molecule has 1 amide bonds. The van der Waals surface area contributed by atoms with E-state index in [1.807, 2.05) is 58.3 Å². The molecule has 2 aromatic heterocycles. The number of anilines is 2. The number of pyridine rings is 1. The number of amides is 1. The van der Waals surface area contributed by atoms with Crippen LogP contribution < -0.4 is 9.80 Å². The summed E-state index contributed by atoms with van der Waals surface area (Å²) in [5, 5.41) is 0.894. The first-order valence-electron chi connectivity index (χ1n) is 9.82. The molecular formula is C21H22FN5OS. The van der Waals surface area contributed by atoms with Gasteiger partial charge in [0.15, 0.2) is 0 Å². The van der Waals surface area contributed by atoms with Crippen molar-refractivity contribution in [3.8, 4) is 10.6 Å². The van der Waals surface area contributed by atoms with Gasteiger partial charge in [0.05, 0.1) is 23.3 Å². The Morgan fingerprint density at radius 3 is 2.79 bits per heavy atom. The Hall–Kier alpha value is -2.58. The molecule has 29 heavy (non-hydrogen) atoms. The van der Waals surface area contributed by atoms with Crippen molar-refractivity contribution in [3.05, 3.63) is 36.5 Å². The zero-order valence-corrected chi connectivity index (χ0v) is 17.0. The normalized spacial score (nSPS) is 20.8. The third-order valence-electron chi connectivity index (χ3n) is 5.54. The highest BCUT2D eigenvalue weighted by molar-refractivity contribution is 7.21. The lowest BCUT2D eigenvalue weighted by Crippen LogP contribution is -2.48. The molecule has 4 heterocycles. The molecule has 2 saturated heterocycles. The molecule has 5 rings (SSSR count). The number of aromatic nitrogens is 2. The minimum absolute atomic E-state index is 0.125. The smallest absolute Gasteiger partial charge is 0.241 e. The standard InChI is InChI=1S/C21H22FN5OS/c1-25-8-9-27(20(28)13-25)16-3-4-17-18(10-16)29-21(24-17)14-2-5-19(23-11-14)26-7-6-15(22)12-26/h2-5,10-11,15H,6-9,12-13H2,1H3/t15-/m1/s1. The molecule has 0 unspecified atom stereocenters.